The average Bonchev–Trinajstić information content (AvgIpc) is 3.50. The zero-order valence-electron chi connectivity index (χ0n) is 16.4. The molecule has 4 heteroatoms. The maximum Gasteiger partial charge on any atom is 0.213 e. The van der Waals surface area contributed by atoms with E-state index in [4.69, 9.17) is 4.74 Å². The van der Waals surface area contributed by atoms with Gasteiger partial charge in [-0.3, -0.25) is 0 Å². The topological polar surface area (TPSA) is 46.0 Å². The summed E-state index contributed by atoms with van der Waals surface area (Å²) in [5.74, 6) is 0.881. The van der Waals surface area contributed by atoms with Crippen molar-refractivity contribution in [2.24, 2.45) is 10.2 Å². The Morgan fingerprint density at radius 2 is 1.54 bits per heavy atom. The maximum atomic E-state index is 5.96. The number of nitrogens with one attached hydrogen (secondary N) is 1. The van der Waals surface area contributed by atoms with Crippen molar-refractivity contribution >= 4 is 5.69 Å². The lowest BCUT2D eigenvalue weighted by atomic mass is 10.0. The van der Waals surface area contributed by atoms with Crippen LogP contribution in [-0.2, 0) is 25.2 Å². The van der Waals surface area contributed by atoms with Crippen LogP contribution in [0.1, 0.15) is 36.1 Å². The van der Waals surface area contributed by atoms with Gasteiger partial charge < -0.3 is 10.1 Å². The van der Waals surface area contributed by atoms with Crippen LogP contribution in [0.4, 0.5) is 5.69 Å². The Morgan fingerprint density at radius 3 is 2.18 bits per heavy atom. The fourth-order valence-electron chi connectivity index (χ4n) is 3.21. The maximum absolute atomic E-state index is 5.96. The smallest absolute Gasteiger partial charge is 0.213 e. The van der Waals surface area contributed by atoms with Crippen molar-refractivity contribution in [3.63, 3.8) is 0 Å². The minimum Gasteiger partial charge on any atom is -0.489 e. The first-order valence-corrected chi connectivity index (χ1v) is 9.73. The molecule has 4 nitrogen and oxygen atoms in total. The molecule has 0 radical (unpaired) electrons. The molecule has 1 aliphatic rings. The molecule has 0 aromatic heterocycles. The number of benzene rings is 3. The second-order valence-corrected chi connectivity index (χ2v) is 7.21. The molecule has 4 rings (SSSR count). The van der Waals surface area contributed by atoms with E-state index < -0.39 is 0 Å². The van der Waals surface area contributed by atoms with Crippen molar-refractivity contribution in [3.8, 4) is 5.75 Å². The lowest BCUT2D eigenvalue weighted by Gasteiger charge is -2.11. The lowest BCUT2D eigenvalue weighted by Crippen LogP contribution is -2.03. The molecule has 142 valence electrons. The van der Waals surface area contributed by atoms with Crippen molar-refractivity contribution in [2.45, 2.75) is 39.1 Å². The predicted octanol–water partition coefficient (Wildman–Crippen LogP) is 6.08. The van der Waals surface area contributed by atoms with Gasteiger partial charge in [0.25, 0.3) is 0 Å². The highest BCUT2D eigenvalue weighted by atomic mass is 16.5. The van der Waals surface area contributed by atoms with Crippen LogP contribution in [0.15, 0.2) is 83.0 Å². The van der Waals surface area contributed by atoms with E-state index in [0.29, 0.717) is 6.61 Å². The van der Waals surface area contributed by atoms with E-state index in [1.54, 1.807) is 0 Å². The van der Waals surface area contributed by atoms with E-state index in [0.717, 1.165) is 30.0 Å². The second-order valence-electron chi connectivity index (χ2n) is 7.21. The normalized spacial score (nSPS) is 13.9. The molecule has 1 N–H and O–H groups in total. The molecule has 0 bridgehead atoms. The average molecular weight is 371 g/mol. The van der Waals surface area contributed by atoms with Crippen LogP contribution in [0.2, 0.25) is 0 Å². The van der Waals surface area contributed by atoms with Gasteiger partial charge in [0.05, 0.1) is 0 Å². The number of hydrogen-bond acceptors (Lipinski definition) is 4. The molecule has 0 atom stereocenters. The summed E-state index contributed by atoms with van der Waals surface area (Å²) in [5.41, 5.74) is 5.72. The van der Waals surface area contributed by atoms with E-state index in [1.807, 2.05) is 19.1 Å². The molecule has 1 aliphatic heterocycles. The highest BCUT2D eigenvalue weighted by Gasteiger charge is 2.35. The Kier molecular flexibility index (Phi) is 5.11. The fraction of sp³-hybridized carbons (Fsp3) is 0.250. The van der Waals surface area contributed by atoms with E-state index in [2.05, 4.69) is 83.1 Å². The molecule has 0 saturated carbocycles. The van der Waals surface area contributed by atoms with Gasteiger partial charge in [-0.05, 0) is 54.3 Å². The standard InChI is InChI=1S/C24H25N3O/c1-3-19-6-4-5-7-20(19)17-28-23-14-12-22(13-15-23)25-16-18-8-10-21(11-9-18)24(2)26-27-24/h4-15,25H,3,16-17H2,1-2H3. The molecule has 0 saturated heterocycles. The monoisotopic (exact) mass is 371 g/mol. The molecule has 3 aromatic carbocycles. The molecule has 0 fully saturated rings. The molecule has 0 amide bonds. The SMILES string of the molecule is CCc1ccccc1COc1ccc(NCc2ccc(C3(C)N=N3)cc2)cc1. The van der Waals surface area contributed by atoms with Gasteiger partial charge in [0.2, 0.25) is 5.66 Å². The first-order valence-electron chi connectivity index (χ1n) is 9.73. The molecular formula is C24H25N3O. The van der Waals surface area contributed by atoms with Crippen molar-refractivity contribution in [2.75, 3.05) is 5.32 Å². The van der Waals surface area contributed by atoms with Crippen LogP contribution in [0.3, 0.4) is 0 Å². The summed E-state index contributed by atoms with van der Waals surface area (Å²) < 4.78 is 5.96. The van der Waals surface area contributed by atoms with Gasteiger partial charge >= 0.3 is 0 Å². The molecule has 28 heavy (non-hydrogen) atoms. The number of nitrogens with zero attached hydrogens (tertiary/aromatic N) is 2. The fourth-order valence-corrected chi connectivity index (χ4v) is 3.21. The highest BCUT2D eigenvalue weighted by Crippen LogP contribution is 2.38. The van der Waals surface area contributed by atoms with Crippen molar-refractivity contribution in [1.82, 2.24) is 0 Å². The van der Waals surface area contributed by atoms with E-state index in [1.165, 1.54) is 16.7 Å². The van der Waals surface area contributed by atoms with Gasteiger partial charge in [-0.25, -0.2) is 0 Å². The van der Waals surface area contributed by atoms with E-state index >= 15 is 0 Å². The van der Waals surface area contributed by atoms with Crippen LogP contribution >= 0.6 is 0 Å². The number of hydrogen-bond donors (Lipinski definition) is 1. The van der Waals surface area contributed by atoms with Crippen LogP contribution in [-0.4, -0.2) is 0 Å². The molecule has 0 unspecified atom stereocenters. The third kappa shape index (κ3) is 4.22. The zero-order valence-corrected chi connectivity index (χ0v) is 16.4. The largest absolute Gasteiger partial charge is 0.489 e. The molecule has 0 aliphatic carbocycles. The lowest BCUT2D eigenvalue weighted by molar-refractivity contribution is 0.305. The van der Waals surface area contributed by atoms with Crippen LogP contribution in [0.25, 0.3) is 0 Å². The van der Waals surface area contributed by atoms with Gasteiger partial charge in [-0.2, -0.15) is 10.2 Å². The van der Waals surface area contributed by atoms with Crippen molar-refractivity contribution < 1.29 is 4.74 Å². The summed E-state index contributed by atoms with van der Waals surface area (Å²) in [7, 11) is 0. The summed E-state index contributed by atoms with van der Waals surface area (Å²) in [4.78, 5) is 0. The van der Waals surface area contributed by atoms with Crippen LogP contribution in [0, 0.1) is 0 Å². The molecule has 3 aromatic rings. The number of rotatable bonds is 8. The third-order valence-electron chi connectivity index (χ3n) is 5.15. The number of anilines is 1. The third-order valence-corrected chi connectivity index (χ3v) is 5.15. The minimum absolute atomic E-state index is 0.306. The number of aryl methyl sites for hydroxylation is 1. The van der Waals surface area contributed by atoms with E-state index in [-0.39, 0.29) is 5.66 Å². The Hall–Kier alpha value is -3.14. The predicted molar refractivity (Wildman–Crippen MR) is 113 cm³/mol. The Balaban J connectivity index is 1.29. The molecular weight excluding hydrogens is 346 g/mol. The number of ether oxygens (including phenoxy) is 1. The first kappa shape index (κ1) is 18.2. The summed E-state index contributed by atoms with van der Waals surface area (Å²) in [6.45, 7) is 5.56. The van der Waals surface area contributed by atoms with Crippen molar-refractivity contribution in [3.05, 3.63) is 95.1 Å². The highest BCUT2D eigenvalue weighted by molar-refractivity contribution is 5.47. The zero-order chi connectivity index (χ0) is 19.4. The Labute approximate surface area is 166 Å². The van der Waals surface area contributed by atoms with Gasteiger partial charge in [-0.15, -0.1) is 0 Å². The van der Waals surface area contributed by atoms with Gasteiger partial charge in [0, 0.05) is 17.8 Å². The summed E-state index contributed by atoms with van der Waals surface area (Å²) in [6.07, 6.45) is 1.02. The first-order chi connectivity index (χ1) is 13.7. The summed E-state index contributed by atoms with van der Waals surface area (Å²) >= 11 is 0. The Morgan fingerprint density at radius 1 is 0.857 bits per heavy atom. The molecule has 1 heterocycles. The van der Waals surface area contributed by atoms with Crippen LogP contribution in [0.5, 0.6) is 5.75 Å². The van der Waals surface area contributed by atoms with Gasteiger partial charge in [0.15, 0.2) is 0 Å². The minimum atomic E-state index is -0.306. The molecule has 0 spiro atoms. The summed E-state index contributed by atoms with van der Waals surface area (Å²) in [5, 5.41) is 11.6. The quantitative estimate of drug-likeness (QED) is 0.522. The van der Waals surface area contributed by atoms with Crippen molar-refractivity contribution in [1.29, 1.82) is 0 Å². The van der Waals surface area contributed by atoms with Crippen LogP contribution < -0.4 is 10.1 Å². The second kappa shape index (κ2) is 7.85. The van der Waals surface area contributed by atoms with E-state index in [9.17, 15) is 0 Å². The Bertz CT molecular complexity index is 956. The van der Waals surface area contributed by atoms with Gasteiger partial charge in [-0.1, -0.05) is 55.5 Å². The summed E-state index contributed by atoms with van der Waals surface area (Å²) in [6, 6.07) is 25.0. The van der Waals surface area contributed by atoms with Gasteiger partial charge in [0.1, 0.15) is 12.4 Å².